The number of nitrogens with zero attached hydrogens (tertiary/aromatic N) is 2. The molecule has 0 saturated heterocycles. The fourth-order valence-electron chi connectivity index (χ4n) is 1.94. The van der Waals surface area contributed by atoms with Crippen LogP contribution in [0.2, 0.25) is 10.0 Å². The number of benzene rings is 1. The van der Waals surface area contributed by atoms with Crippen molar-refractivity contribution in [2.45, 2.75) is 20.3 Å². The van der Waals surface area contributed by atoms with E-state index in [1.807, 2.05) is 19.2 Å². The summed E-state index contributed by atoms with van der Waals surface area (Å²) in [5, 5.41) is 4.22. The van der Waals surface area contributed by atoms with Crippen molar-refractivity contribution >= 4 is 29.0 Å². The number of aromatic nitrogens is 2. The summed E-state index contributed by atoms with van der Waals surface area (Å²) in [7, 11) is 1.84. The summed E-state index contributed by atoms with van der Waals surface area (Å²) >= 11 is 12.2. The van der Waals surface area contributed by atoms with Crippen LogP contribution in [0.5, 0.6) is 0 Å². The molecule has 0 atom stereocenters. The third kappa shape index (κ3) is 3.62. The van der Waals surface area contributed by atoms with Gasteiger partial charge >= 0.3 is 0 Å². The summed E-state index contributed by atoms with van der Waals surface area (Å²) in [6, 6.07) is 7.31. The minimum atomic E-state index is 0.531. The zero-order valence-electron chi connectivity index (χ0n) is 11.7. The maximum atomic E-state index is 6.23. The maximum Gasteiger partial charge on any atom is 0.163 e. The molecule has 1 heterocycles. The van der Waals surface area contributed by atoms with E-state index in [2.05, 4.69) is 29.1 Å². The van der Waals surface area contributed by atoms with E-state index >= 15 is 0 Å². The molecule has 3 nitrogen and oxygen atoms in total. The Morgan fingerprint density at radius 1 is 1.15 bits per heavy atom. The molecule has 0 fully saturated rings. The Hall–Kier alpha value is -1.32. The summed E-state index contributed by atoms with van der Waals surface area (Å²) in [6.07, 6.45) is 0.898. The third-order valence-corrected chi connectivity index (χ3v) is 3.37. The molecule has 106 valence electrons. The van der Waals surface area contributed by atoms with E-state index < -0.39 is 0 Å². The molecule has 0 aliphatic carbocycles. The molecule has 2 rings (SSSR count). The Morgan fingerprint density at radius 2 is 1.90 bits per heavy atom. The van der Waals surface area contributed by atoms with Crippen molar-refractivity contribution in [2.24, 2.45) is 5.92 Å². The molecule has 0 radical (unpaired) electrons. The van der Waals surface area contributed by atoms with Gasteiger partial charge in [0.1, 0.15) is 5.82 Å². The molecular weight excluding hydrogens is 293 g/mol. The van der Waals surface area contributed by atoms with Gasteiger partial charge in [-0.05, 0) is 30.5 Å². The first-order valence-corrected chi connectivity index (χ1v) is 7.26. The van der Waals surface area contributed by atoms with E-state index in [9.17, 15) is 0 Å². The Bertz CT molecular complexity index is 612. The quantitative estimate of drug-likeness (QED) is 0.890. The fraction of sp³-hybridized carbons (Fsp3) is 0.333. The van der Waals surface area contributed by atoms with Crippen LogP contribution in [0.25, 0.3) is 11.4 Å². The average Bonchev–Trinajstić information content (AvgIpc) is 2.37. The van der Waals surface area contributed by atoms with Crippen LogP contribution >= 0.6 is 23.2 Å². The Labute approximate surface area is 129 Å². The molecule has 0 spiro atoms. The Balaban J connectivity index is 2.49. The van der Waals surface area contributed by atoms with E-state index in [0.717, 1.165) is 23.5 Å². The van der Waals surface area contributed by atoms with Crippen LogP contribution in [0.15, 0.2) is 24.3 Å². The Kier molecular flexibility index (Phi) is 4.84. The molecule has 1 aromatic carbocycles. The van der Waals surface area contributed by atoms with Crippen molar-refractivity contribution < 1.29 is 0 Å². The van der Waals surface area contributed by atoms with Crippen LogP contribution in [-0.2, 0) is 6.42 Å². The van der Waals surface area contributed by atoms with E-state index in [0.29, 0.717) is 21.8 Å². The van der Waals surface area contributed by atoms with Crippen molar-refractivity contribution in [3.05, 3.63) is 40.0 Å². The highest BCUT2D eigenvalue weighted by molar-refractivity contribution is 6.36. The molecule has 0 bridgehead atoms. The second-order valence-corrected chi connectivity index (χ2v) is 5.88. The molecule has 0 unspecified atom stereocenters. The van der Waals surface area contributed by atoms with Gasteiger partial charge in [0.05, 0.1) is 5.02 Å². The summed E-state index contributed by atoms with van der Waals surface area (Å²) in [6.45, 7) is 4.33. The van der Waals surface area contributed by atoms with E-state index in [4.69, 9.17) is 23.2 Å². The summed E-state index contributed by atoms with van der Waals surface area (Å²) in [4.78, 5) is 9.07. The van der Waals surface area contributed by atoms with Crippen molar-refractivity contribution in [2.75, 3.05) is 12.4 Å². The zero-order valence-corrected chi connectivity index (χ0v) is 13.3. The number of nitrogens with one attached hydrogen (secondary N) is 1. The number of anilines is 1. The van der Waals surface area contributed by atoms with Gasteiger partial charge in [-0.2, -0.15) is 0 Å². The molecule has 5 heteroatoms. The van der Waals surface area contributed by atoms with E-state index in [1.54, 1.807) is 12.1 Å². The van der Waals surface area contributed by atoms with Crippen molar-refractivity contribution in [3.63, 3.8) is 0 Å². The SMILES string of the molecule is CNc1cc(CC(C)C)nc(-c2ccc(Cl)cc2Cl)n1. The summed E-state index contributed by atoms with van der Waals surface area (Å²) in [5.41, 5.74) is 1.79. The van der Waals surface area contributed by atoms with Gasteiger partial charge in [-0.25, -0.2) is 9.97 Å². The maximum absolute atomic E-state index is 6.23. The molecule has 1 aromatic heterocycles. The van der Waals surface area contributed by atoms with Crippen LogP contribution in [0.4, 0.5) is 5.82 Å². The van der Waals surface area contributed by atoms with Crippen LogP contribution in [0.1, 0.15) is 19.5 Å². The predicted octanol–water partition coefficient (Wildman–Crippen LogP) is 4.69. The zero-order chi connectivity index (χ0) is 14.7. The molecule has 0 aliphatic rings. The Morgan fingerprint density at radius 3 is 2.50 bits per heavy atom. The number of rotatable bonds is 4. The predicted molar refractivity (Wildman–Crippen MR) is 85.6 cm³/mol. The smallest absolute Gasteiger partial charge is 0.163 e. The van der Waals surface area contributed by atoms with Crippen molar-refractivity contribution in [1.29, 1.82) is 0 Å². The lowest BCUT2D eigenvalue weighted by Crippen LogP contribution is -2.04. The minimum absolute atomic E-state index is 0.531. The molecule has 2 aromatic rings. The highest BCUT2D eigenvalue weighted by Gasteiger charge is 2.11. The molecule has 0 amide bonds. The largest absolute Gasteiger partial charge is 0.373 e. The molecule has 1 N–H and O–H groups in total. The lowest BCUT2D eigenvalue weighted by atomic mass is 10.1. The van der Waals surface area contributed by atoms with Crippen LogP contribution in [-0.4, -0.2) is 17.0 Å². The first-order chi connectivity index (χ1) is 9.49. The number of hydrogen-bond acceptors (Lipinski definition) is 3. The highest BCUT2D eigenvalue weighted by Crippen LogP contribution is 2.29. The number of hydrogen-bond donors (Lipinski definition) is 1. The normalized spacial score (nSPS) is 10.9. The topological polar surface area (TPSA) is 37.8 Å². The van der Waals surface area contributed by atoms with E-state index in [-0.39, 0.29) is 0 Å². The third-order valence-electron chi connectivity index (χ3n) is 2.82. The lowest BCUT2D eigenvalue weighted by molar-refractivity contribution is 0.635. The van der Waals surface area contributed by atoms with Crippen molar-refractivity contribution in [1.82, 2.24) is 9.97 Å². The molecule has 0 saturated carbocycles. The molecule has 0 aliphatic heterocycles. The van der Waals surface area contributed by atoms with Crippen molar-refractivity contribution in [3.8, 4) is 11.4 Å². The first-order valence-electron chi connectivity index (χ1n) is 6.50. The van der Waals surface area contributed by atoms with Gasteiger partial charge in [0.2, 0.25) is 0 Å². The minimum Gasteiger partial charge on any atom is -0.373 e. The summed E-state index contributed by atoms with van der Waals surface area (Å²) in [5.74, 6) is 1.94. The average molecular weight is 310 g/mol. The standard InChI is InChI=1S/C15H17Cl2N3/c1-9(2)6-11-8-14(18-3)20-15(19-11)12-5-4-10(16)7-13(12)17/h4-5,7-9H,6H2,1-3H3,(H,18,19,20). The van der Waals surface area contributed by atoms with Crippen LogP contribution in [0.3, 0.4) is 0 Å². The second-order valence-electron chi connectivity index (χ2n) is 5.04. The van der Waals surface area contributed by atoms with Crippen LogP contribution < -0.4 is 5.32 Å². The van der Waals surface area contributed by atoms with E-state index in [1.165, 1.54) is 0 Å². The molecular formula is C15H17Cl2N3. The van der Waals surface area contributed by atoms with Gasteiger partial charge in [-0.3, -0.25) is 0 Å². The van der Waals surface area contributed by atoms with Gasteiger partial charge in [0.15, 0.2) is 5.82 Å². The van der Waals surface area contributed by atoms with Crippen LogP contribution in [0, 0.1) is 5.92 Å². The first kappa shape index (κ1) is 15.1. The van der Waals surface area contributed by atoms with Gasteiger partial charge in [0.25, 0.3) is 0 Å². The van der Waals surface area contributed by atoms with Gasteiger partial charge in [-0.15, -0.1) is 0 Å². The number of halogens is 2. The summed E-state index contributed by atoms with van der Waals surface area (Å²) < 4.78 is 0. The van der Waals surface area contributed by atoms with Gasteiger partial charge in [0, 0.05) is 29.4 Å². The fourth-order valence-corrected chi connectivity index (χ4v) is 2.43. The lowest BCUT2D eigenvalue weighted by Gasteiger charge is -2.10. The van der Waals surface area contributed by atoms with Gasteiger partial charge in [-0.1, -0.05) is 37.0 Å². The highest BCUT2D eigenvalue weighted by atomic mass is 35.5. The monoisotopic (exact) mass is 309 g/mol. The molecule has 20 heavy (non-hydrogen) atoms. The second kappa shape index (κ2) is 6.42. The van der Waals surface area contributed by atoms with Gasteiger partial charge < -0.3 is 5.32 Å².